The summed E-state index contributed by atoms with van der Waals surface area (Å²) in [6, 6.07) is 12.8. The summed E-state index contributed by atoms with van der Waals surface area (Å²) in [5.74, 6) is 0. The van der Waals surface area contributed by atoms with E-state index in [9.17, 15) is 0 Å². The zero-order chi connectivity index (χ0) is 10.7. The van der Waals surface area contributed by atoms with Gasteiger partial charge in [0.25, 0.3) is 0 Å². The lowest BCUT2D eigenvalue weighted by Gasteiger charge is -2.03. The molecule has 0 fully saturated rings. The molecule has 0 spiro atoms. The molecule has 0 aliphatic heterocycles. The molecule has 2 heteroatoms. The van der Waals surface area contributed by atoms with Gasteiger partial charge in [0.2, 0.25) is 0 Å². The lowest BCUT2D eigenvalue weighted by molar-refractivity contribution is 1.29. The standard InChI is InChI=1S/C13H13NSi/c1-10-6-7-14-13(8-10)11-4-3-5-12(9-11)15-2/h3-9H,1-2H3. The third-order valence-corrected chi connectivity index (χ3v) is 3.25. The highest BCUT2D eigenvalue weighted by molar-refractivity contribution is 6.52. The number of nitrogens with zero attached hydrogens (tertiary/aromatic N) is 1. The van der Waals surface area contributed by atoms with Crippen LogP contribution in [-0.4, -0.2) is 14.5 Å². The van der Waals surface area contributed by atoms with Gasteiger partial charge in [0.05, 0.1) is 15.2 Å². The van der Waals surface area contributed by atoms with Crippen LogP contribution in [0.4, 0.5) is 0 Å². The average Bonchev–Trinajstić information content (AvgIpc) is 2.29. The Labute approximate surface area is 93.0 Å². The lowest BCUT2D eigenvalue weighted by atomic mass is 10.1. The fraction of sp³-hybridized carbons (Fsp3) is 0.154. The van der Waals surface area contributed by atoms with E-state index in [1.807, 2.05) is 12.3 Å². The van der Waals surface area contributed by atoms with Crippen LogP contribution in [0.2, 0.25) is 6.55 Å². The van der Waals surface area contributed by atoms with Crippen molar-refractivity contribution in [3.63, 3.8) is 0 Å². The molecule has 0 saturated heterocycles. The first-order valence-electron chi connectivity index (χ1n) is 5.00. The van der Waals surface area contributed by atoms with Crippen molar-refractivity contribution in [1.29, 1.82) is 0 Å². The molecule has 1 heterocycles. The molecular weight excluding hydrogens is 198 g/mol. The van der Waals surface area contributed by atoms with Crippen molar-refractivity contribution in [3.8, 4) is 11.3 Å². The SMILES string of the molecule is C[Si]c1cccc(-c2cc(C)ccn2)c1. The molecular formula is C13H13NSi. The largest absolute Gasteiger partial charge is 0.256 e. The molecule has 0 atom stereocenters. The minimum absolute atomic E-state index is 0.841. The molecule has 1 nitrogen and oxygen atoms in total. The van der Waals surface area contributed by atoms with Crippen molar-refractivity contribution < 1.29 is 0 Å². The van der Waals surface area contributed by atoms with Gasteiger partial charge in [-0.1, -0.05) is 36.0 Å². The second kappa shape index (κ2) is 4.40. The van der Waals surface area contributed by atoms with E-state index in [1.165, 1.54) is 16.3 Å². The monoisotopic (exact) mass is 211 g/mol. The van der Waals surface area contributed by atoms with E-state index >= 15 is 0 Å². The third-order valence-electron chi connectivity index (χ3n) is 2.36. The minimum Gasteiger partial charge on any atom is -0.256 e. The van der Waals surface area contributed by atoms with Crippen LogP contribution in [0.25, 0.3) is 11.3 Å². The number of benzene rings is 1. The molecule has 0 aliphatic rings. The highest BCUT2D eigenvalue weighted by atomic mass is 28.2. The highest BCUT2D eigenvalue weighted by Crippen LogP contribution is 2.15. The van der Waals surface area contributed by atoms with E-state index in [4.69, 9.17) is 0 Å². The molecule has 2 rings (SSSR count). The quantitative estimate of drug-likeness (QED) is 0.695. The zero-order valence-corrected chi connectivity index (χ0v) is 9.99. The van der Waals surface area contributed by atoms with Gasteiger partial charge in [0.1, 0.15) is 0 Å². The summed E-state index contributed by atoms with van der Waals surface area (Å²) in [6.45, 7) is 4.29. The summed E-state index contributed by atoms with van der Waals surface area (Å²) in [7, 11) is 0.841. The van der Waals surface area contributed by atoms with Crippen molar-refractivity contribution >= 4 is 14.7 Å². The van der Waals surface area contributed by atoms with Crippen LogP contribution in [-0.2, 0) is 0 Å². The topological polar surface area (TPSA) is 12.9 Å². The van der Waals surface area contributed by atoms with Gasteiger partial charge in [-0.25, -0.2) is 0 Å². The molecule has 0 unspecified atom stereocenters. The maximum atomic E-state index is 4.39. The van der Waals surface area contributed by atoms with Gasteiger partial charge in [-0.05, 0) is 30.2 Å². The number of hydrogen-bond donors (Lipinski definition) is 0. The fourth-order valence-electron chi connectivity index (χ4n) is 1.53. The molecule has 2 aromatic rings. The van der Waals surface area contributed by atoms with Crippen molar-refractivity contribution in [2.75, 3.05) is 0 Å². The first kappa shape index (κ1) is 10.1. The molecule has 0 saturated carbocycles. The molecule has 0 bridgehead atoms. The van der Waals surface area contributed by atoms with Crippen LogP contribution in [0.3, 0.4) is 0 Å². The zero-order valence-electron chi connectivity index (χ0n) is 8.99. The van der Waals surface area contributed by atoms with Gasteiger partial charge >= 0.3 is 0 Å². The molecule has 15 heavy (non-hydrogen) atoms. The van der Waals surface area contributed by atoms with Crippen LogP contribution in [0.15, 0.2) is 42.6 Å². The number of rotatable bonds is 2. The average molecular weight is 211 g/mol. The number of pyridine rings is 1. The maximum Gasteiger partial charge on any atom is 0.0773 e. The summed E-state index contributed by atoms with van der Waals surface area (Å²) in [4.78, 5) is 4.39. The van der Waals surface area contributed by atoms with E-state index in [0.29, 0.717) is 0 Å². The Morgan fingerprint density at radius 2 is 2.00 bits per heavy atom. The van der Waals surface area contributed by atoms with E-state index in [-0.39, 0.29) is 0 Å². The molecule has 0 N–H and O–H groups in total. The van der Waals surface area contributed by atoms with Crippen LogP contribution >= 0.6 is 0 Å². The van der Waals surface area contributed by atoms with Crippen LogP contribution in [0, 0.1) is 6.92 Å². The molecule has 74 valence electrons. The van der Waals surface area contributed by atoms with Gasteiger partial charge in [-0.3, -0.25) is 4.98 Å². The Kier molecular flexibility index (Phi) is 2.97. The van der Waals surface area contributed by atoms with E-state index in [2.05, 4.69) is 48.8 Å². The summed E-state index contributed by atoms with van der Waals surface area (Å²) in [5.41, 5.74) is 3.53. The highest BCUT2D eigenvalue weighted by Gasteiger charge is 1.99. The molecule has 0 aliphatic carbocycles. The van der Waals surface area contributed by atoms with Gasteiger partial charge in [-0.15, -0.1) is 0 Å². The van der Waals surface area contributed by atoms with Gasteiger partial charge in [0.15, 0.2) is 0 Å². The van der Waals surface area contributed by atoms with Crippen LogP contribution < -0.4 is 5.19 Å². The predicted octanol–water partition coefficient (Wildman–Crippen LogP) is 2.43. The first-order valence-corrected chi connectivity index (χ1v) is 6.50. The van der Waals surface area contributed by atoms with Crippen molar-refractivity contribution in [2.24, 2.45) is 0 Å². The van der Waals surface area contributed by atoms with Crippen LogP contribution in [0.1, 0.15) is 5.56 Å². The molecule has 0 amide bonds. The normalized spacial score (nSPS) is 10.3. The summed E-state index contributed by atoms with van der Waals surface area (Å²) >= 11 is 0. The first-order chi connectivity index (χ1) is 7.29. The Hall–Kier alpha value is -1.41. The molecule has 1 aromatic carbocycles. The molecule has 2 radical (unpaired) electrons. The summed E-state index contributed by atoms with van der Waals surface area (Å²) in [6.07, 6.45) is 1.87. The van der Waals surface area contributed by atoms with E-state index in [0.717, 1.165) is 15.2 Å². The Morgan fingerprint density at radius 1 is 1.13 bits per heavy atom. The maximum absolute atomic E-state index is 4.39. The Balaban J connectivity index is 2.44. The summed E-state index contributed by atoms with van der Waals surface area (Å²) < 4.78 is 0. The Bertz CT molecular complexity index is 466. The Morgan fingerprint density at radius 3 is 2.73 bits per heavy atom. The van der Waals surface area contributed by atoms with E-state index in [1.54, 1.807) is 0 Å². The predicted molar refractivity (Wildman–Crippen MR) is 65.7 cm³/mol. The fourth-order valence-corrected chi connectivity index (χ4v) is 2.09. The van der Waals surface area contributed by atoms with E-state index < -0.39 is 0 Å². The van der Waals surface area contributed by atoms with Gasteiger partial charge < -0.3 is 0 Å². The second-order valence-electron chi connectivity index (χ2n) is 3.55. The van der Waals surface area contributed by atoms with Crippen molar-refractivity contribution in [3.05, 3.63) is 48.2 Å². The summed E-state index contributed by atoms with van der Waals surface area (Å²) in [5, 5.41) is 1.39. The number of hydrogen-bond acceptors (Lipinski definition) is 1. The van der Waals surface area contributed by atoms with Gasteiger partial charge in [-0.2, -0.15) is 0 Å². The number of aromatic nitrogens is 1. The number of aryl methyl sites for hydroxylation is 1. The third kappa shape index (κ3) is 2.33. The smallest absolute Gasteiger partial charge is 0.0773 e. The lowest BCUT2D eigenvalue weighted by Crippen LogP contribution is -2.09. The van der Waals surface area contributed by atoms with Crippen molar-refractivity contribution in [2.45, 2.75) is 13.5 Å². The molecule has 1 aromatic heterocycles. The van der Waals surface area contributed by atoms with Crippen LogP contribution in [0.5, 0.6) is 0 Å². The van der Waals surface area contributed by atoms with Crippen molar-refractivity contribution in [1.82, 2.24) is 4.98 Å². The minimum atomic E-state index is 0.841. The van der Waals surface area contributed by atoms with Gasteiger partial charge in [0, 0.05) is 6.20 Å². The second-order valence-corrected chi connectivity index (χ2v) is 4.63.